The Morgan fingerprint density at radius 3 is 2.59 bits per heavy atom. The number of benzene rings is 1. The molecule has 4 heteroatoms. The second-order valence-corrected chi connectivity index (χ2v) is 5.27. The summed E-state index contributed by atoms with van der Waals surface area (Å²) in [5.41, 5.74) is 5.60. The zero-order valence-corrected chi connectivity index (χ0v) is 13.1. The number of nitrogens with one attached hydrogen (secondary N) is 1. The predicted molar refractivity (Wildman–Crippen MR) is 88.1 cm³/mol. The number of hydrogen-bond donors (Lipinski definition) is 1. The molecule has 0 aliphatic heterocycles. The van der Waals surface area contributed by atoms with E-state index in [0.29, 0.717) is 0 Å². The summed E-state index contributed by atoms with van der Waals surface area (Å²) in [4.78, 5) is 11.7. The maximum atomic E-state index is 11.7. The SMILES string of the molecule is CCCCCc1ccc(/C(C)=N\NC(=O)c2ccco2)cc1. The smallest absolute Gasteiger partial charge is 0.307 e. The van der Waals surface area contributed by atoms with Crippen LogP contribution in [0.25, 0.3) is 0 Å². The van der Waals surface area contributed by atoms with Gasteiger partial charge in [-0.25, -0.2) is 5.43 Å². The molecule has 0 unspecified atom stereocenters. The Bertz CT molecular complexity index is 613. The molecule has 2 rings (SSSR count). The average molecular weight is 298 g/mol. The summed E-state index contributed by atoms with van der Waals surface area (Å²) >= 11 is 0. The molecule has 0 fully saturated rings. The fourth-order valence-corrected chi connectivity index (χ4v) is 2.15. The van der Waals surface area contributed by atoms with Crippen molar-refractivity contribution in [1.29, 1.82) is 0 Å². The topological polar surface area (TPSA) is 54.6 Å². The Labute approximate surface area is 131 Å². The van der Waals surface area contributed by atoms with Crippen LogP contribution in [0.2, 0.25) is 0 Å². The molecule has 1 N–H and O–H groups in total. The Kier molecular flexibility index (Phi) is 5.95. The van der Waals surface area contributed by atoms with E-state index >= 15 is 0 Å². The van der Waals surface area contributed by atoms with E-state index in [9.17, 15) is 4.79 Å². The average Bonchev–Trinajstić information content (AvgIpc) is 3.08. The number of hydrazone groups is 1. The molecule has 0 aliphatic rings. The number of aryl methyl sites for hydroxylation is 1. The maximum Gasteiger partial charge on any atom is 0.307 e. The zero-order valence-electron chi connectivity index (χ0n) is 13.1. The third kappa shape index (κ3) is 4.58. The van der Waals surface area contributed by atoms with E-state index in [0.717, 1.165) is 17.7 Å². The van der Waals surface area contributed by atoms with Gasteiger partial charge in [-0.15, -0.1) is 0 Å². The van der Waals surface area contributed by atoms with Crippen molar-refractivity contribution in [2.75, 3.05) is 0 Å². The van der Waals surface area contributed by atoms with Crippen molar-refractivity contribution in [3.05, 3.63) is 59.5 Å². The molecule has 0 saturated carbocycles. The van der Waals surface area contributed by atoms with Gasteiger partial charge in [-0.1, -0.05) is 44.0 Å². The normalized spacial score (nSPS) is 11.5. The summed E-state index contributed by atoms with van der Waals surface area (Å²) in [6, 6.07) is 11.6. The Morgan fingerprint density at radius 2 is 1.95 bits per heavy atom. The summed E-state index contributed by atoms with van der Waals surface area (Å²) in [7, 11) is 0. The molecule has 4 nitrogen and oxygen atoms in total. The lowest BCUT2D eigenvalue weighted by Gasteiger charge is -2.04. The largest absolute Gasteiger partial charge is 0.459 e. The highest BCUT2D eigenvalue weighted by molar-refractivity contribution is 6.00. The number of unbranched alkanes of at least 4 members (excludes halogenated alkanes) is 2. The maximum absolute atomic E-state index is 11.7. The van der Waals surface area contributed by atoms with E-state index in [1.165, 1.54) is 31.1 Å². The number of amides is 1. The van der Waals surface area contributed by atoms with Crippen LogP contribution in [0.15, 0.2) is 52.2 Å². The first-order valence-corrected chi connectivity index (χ1v) is 7.68. The van der Waals surface area contributed by atoms with Gasteiger partial charge in [0, 0.05) is 0 Å². The van der Waals surface area contributed by atoms with Gasteiger partial charge >= 0.3 is 5.91 Å². The lowest BCUT2D eigenvalue weighted by molar-refractivity contribution is 0.0927. The van der Waals surface area contributed by atoms with E-state index < -0.39 is 0 Å². The number of furan rings is 1. The van der Waals surface area contributed by atoms with E-state index in [-0.39, 0.29) is 11.7 Å². The number of nitrogens with zero attached hydrogens (tertiary/aromatic N) is 1. The summed E-state index contributed by atoms with van der Waals surface area (Å²) in [5.74, 6) is -0.0941. The molecular weight excluding hydrogens is 276 g/mol. The molecule has 1 aromatic heterocycles. The second kappa shape index (κ2) is 8.17. The molecule has 2 aromatic rings. The van der Waals surface area contributed by atoms with Crippen LogP contribution < -0.4 is 5.43 Å². The van der Waals surface area contributed by atoms with Crippen LogP contribution in [0.5, 0.6) is 0 Å². The Balaban J connectivity index is 1.92. The third-order valence-corrected chi connectivity index (χ3v) is 3.51. The van der Waals surface area contributed by atoms with Gasteiger partial charge in [0.25, 0.3) is 0 Å². The molecule has 0 atom stereocenters. The monoisotopic (exact) mass is 298 g/mol. The highest BCUT2D eigenvalue weighted by atomic mass is 16.3. The number of hydrogen-bond acceptors (Lipinski definition) is 3. The first-order valence-electron chi connectivity index (χ1n) is 7.68. The van der Waals surface area contributed by atoms with Crippen molar-refractivity contribution in [2.24, 2.45) is 5.10 Å². The molecule has 0 saturated heterocycles. The second-order valence-electron chi connectivity index (χ2n) is 5.27. The van der Waals surface area contributed by atoms with Crippen molar-refractivity contribution in [3.63, 3.8) is 0 Å². The van der Waals surface area contributed by atoms with Crippen molar-refractivity contribution < 1.29 is 9.21 Å². The quantitative estimate of drug-likeness (QED) is 0.474. The van der Waals surface area contributed by atoms with Crippen LogP contribution in [-0.4, -0.2) is 11.6 Å². The predicted octanol–water partition coefficient (Wildman–Crippen LogP) is 4.17. The van der Waals surface area contributed by atoms with E-state index in [2.05, 4.69) is 29.6 Å². The summed E-state index contributed by atoms with van der Waals surface area (Å²) in [6.07, 6.45) is 6.30. The molecule has 0 bridgehead atoms. The van der Waals surface area contributed by atoms with E-state index in [4.69, 9.17) is 4.42 Å². The van der Waals surface area contributed by atoms with Gasteiger partial charge in [-0.05, 0) is 43.0 Å². The van der Waals surface area contributed by atoms with Gasteiger partial charge in [0.05, 0.1) is 12.0 Å². The van der Waals surface area contributed by atoms with Crippen molar-refractivity contribution in [3.8, 4) is 0 Å². The van der Waals surface area contributed by atoms with Crippen LogP contribution in [0.3, 0.4) is 0 Å². The minimum atomic E-state index is -0.347. The molecule has 116 valence electrons. The lowest BCUT2D eigenvalue weighted by atomic mass is 10.0. The minimum Gasteiger partial charge on any atom is -0.459 e. The van der Waals surface area contributed by atoms with Crippen molar-refractivity contribution in [2.45, 2.75) is 39.5 Å². The van der Waals surface area contributed by atoms with Gasteiger partial charge in [-0.3, -0.25) is 4.79 Å². The molecule has 1 aromatic carbocycles. The highest BCUT2D eigenvalue weighted by Crippen LogP contribution is 2.10. The fraction of sp³-hybridized carbons (Fsp3) is 0.333. The van der Waals surface area contributed by atoms with Crippen LogP contribution in [0.1, 0.15) is 54.8 Å². The fourth-order valence-electron chi connectivity index (χ4n) is 2.15. The molecular formula is C18H22N2O2. The summed E-state index contributed by atoms with van der Waals surface area (Å²) in [6.45, 7) is 4.08. The zero-order chi connectivity index (χ0) is 15.8. The molecule has 0 aliphatic carbocycles. The first kappa shape index (κ1) is 16.0. The van der Waals surface area contributed by atoms with Crippen LogP contribution in [-0.2, 0) is 6.42 Å². The first-order chi connectivity index (χ1) is 10.7. The lowest BCUT2D eigenvalue weighted by Crippen LogP contribution is -2.18. The number of carbonyl (C=O) groups is 1. The highest BCUT2D eigenvalue weighted by Gasteiger charge is 2.07. The van der Waals surface area contributed by atoms with Crippen molar-refractivity contribution >= 4 is 11.6 Å². The van der Waals surface area contributed by atoms with Gasteiger partial charge in [0.15, 0.2) is 5.76 Å². The van der Waals surface area contributed by atoms with E-state index in [1.54, 1.807) is 12.1 Å². The number of carbonyl (C=O) groups excluding carboxylic acids is 1. The molecule has 22 heavy (non-hydrogen) atoms. The number of rotatable bonds is 7. The molecule has 1 amide bonds. The van der Waals surface area contributed by atoms with Gasteiger partial charge in [0.1, 0.15) is 0 Å². The minimum absolute atomic E-state index is 0.253. The van der Waals surface area contributed by atoms with Gasteiger partial charge < -0.3 is 4.42 Å². The van der Waals surface area contributed by atoms with Crippen LogP contribution in [0, 0.1) is 0 Å². The van der Waals surface area contributed by atoms with Crippen LogP contribution >= 0.6 is 0 Å². The Morgan fingerprint density at radius 1 is 1.18 bits per heavy atom. The standard InChI is InChI=1S/C18H22N2O2/c1-3-4-5-7-15-9-11-16(12-10-15)14(2)19-20-18(21)17-8-6-13-22-17/h6,8-13H,3-5,7H2,1-2H3,(H,20,21)/b19-14-. The summed E-state index contributed by atoms with van der Waals surface area (Å²) in [5, 5.41) is 4.11. The molecule has 0 radical (unpaired) electrons. The summed E-state index contributed by atoms with van der Waals surface area (Å²) < 4.78 is 5.01. The third-order valence-electron chi connectivity index (χ3n) is 3.51. The van der Waals surface area contributed by atoms with Crippen molar-refractivity contribution in [1.82, 2.24) is 5.43 Å². The Hall–Kier alpha value is -2.36. The van der Waals surface area contributed by atoms with Gasteiger partial charge in [0.2, 0.25) is 0 Å². The van der Waals surface area contributed by atoms with Gasteiger partial charge in [-0.2, -0.15) is 5.10 Å². The van der Waals surface area contributed by atoms with Crippen LogP contribution in [0.4, 0.5) is 0 Å². The van der Waals surface area contributed by atoms with E-state index in [1.807, 2.05) is 19.1 Å². The molecule has 0 spiro atoms. The molecule has 1 heterocycles.